The number of aromatic nitrogens is 1. The van der Waals surface area contributed by atoms with Gasteiger partial charge < -0.3 is 5.32 Å². The van der Waals surface area contributed by atoms with Gasteiger partial charge in [-0.05, 0) is 31.0 Å². The van der Waals surface area contributed by atoms with Crippen LogP contribution < -0.4 is 5.32 Å². The molecule has 2 nitrogen and oxygen atoms in total. The summed E-state index contributed by atoms with van der Waals surface area (Å²) in [7, 11) is 0. The van der Waals surface area contributed by atoms with Gasteiger partial charge >= 0.3 is 0 Å². The zero-order valence-electron chi connectivity index (χ0n) is 10.4. The van der Waals surface area contributed by atoms with E-state index in [0.717, 1.165) is 30.0 Å². The van der Waals surface area contributed by atoms with Crippen molar-refractivity contribution in [2.24, 2.45) is 0 Å². The summed E-state index contributed by atoms with van der Waals surface area (Å²) < 4.78 is 13.0. The van der Waals surface area contributed by atoms with Gasteiger partial charge in [0.25, 0.3) is 0 Å². The van der Waals surface area contributed by atoms with E-state index in [-0.39, 0.29) is 5.82 Å². The lowest BCUT2D eigenvalue weighted by Gasteiger charge is -2.13. The molecule has 2 rings (SSSR count). The monoisotopic (exact) mass is 264 g/mol. The Morgan fingerprint density at radius 2 is 2.33 bits per heavy atom. The summed E-state index contributed by atoms with van der Waals surface area (Å²) >= 11 is 1.68. The Morgan fingerprint density at radius 1 is 1.44 bits per heavy atom. The molecule has 1 aromatic heterocycles. The molecule has 1 heterocycles. The van der Waals surface area contributed by atoms with Crippen molar-refractivity contribution in [1.82, 2.24) is 10.3 Å². The van der Waals surface area contributed by atoms with Gasteiger partial charge in [-0.3, -0.25) is 0 Å². The molecule has 0 saturated carbocycles. The molecule has 1 N–H and O–H groups in total. The number of rotatable bonds is 6. The molecule has 0 bridgehead atoms. The predicted molar refractivity (Wildman–Crippen MR) is 73.4 cm³/mol. The highest BCUT2D eigenvalue weighted by atomic mass is 32.1. The molecule has 18 heavy (non-hydrogen) atoms. The van der Waals surface area contributed by atoms with Crippen LogP contribution in [-0.2, 0) is 12.8 Å². The zero-order valence-corrected chi connectivity index (χ0v) is 11.2. The fourth-order valence-electron chi connectivity index (χ4n) is 1.89. The lowest BCUT2D eigenvalue weighted by molar-refractivity contribution is 0.545. The Balaban J connectivity index is 1.73. The quantitative estimate of drug-likeness (QED) is 0.867. The first-order valence-electron chi connectivity index (χ1n) is 6.10. The SMILES string of the molecule is CC(Cc1cccc(F)c1)NCCc1nccs1. The zero-order chi connectivity index (χ0) is 12.8. The van der Waals surface area contributed by atoms with E-state index < -0.39 is 0 Å². The maximum Gasteiger partial charge on any atom is 0.123 e. The molecule has 1 atom stereocenters. The number of nitrogens with zero attached hydrogens (tertiary/aromatic N) is 1. The van der Waals surface area contributed by atoms with Crippen LogP contribution in [0, 0.1) is 5.82 Å². The minimum atomic E-state index is -0.164. The average molecular weight is 264 g/mol. The van der Waals surface area contributed by atoms with Gasteiger partial charge in [0.1, 0.15) is 5.82 Å². The lowest BCUT2D eigenvalue weighted by atomic mass is 10.1. The van der Waals surface area contributed by atoms with Crippen LogP contribution in [0.25, 0.3) is 0 Å². The minimum Gasteiger partial charge on any atom is -0.314 e. The van der Waals surface area contributed by atoms with Crippen LogP contribution in [0.15, 0.2) is 35.8 Å². The Hall–Kier alpha value is -1.26. The van der Waals surface area contributed by atoms with E-state index in [2.05, 4.69) is 17.2 Å². The summed E-state index contributed by atoms with van der Waals surface area (Å²) in [6, 6.07) is 7.13. The molecule has 0 aliphatic carbocycles. The van der Waals surface area contributed by atoms with Gasteiger partial charge in [0.2, 0.25) is 0 Å². The molecular formula is C14H17FN2S. The molecule has 0 amide bonds. The van der Waals surface area contributed by atoms with Crippen LogP contribution in [0.2, 0.25) is 0 Å². The van der Waals surface area contributed by atoms with E-state index in [1.54, 1.807) is 23.5 Å². The predicted octanol–water partition coefficient (Wildman–Crippen LogP) is 3.05. The second-order valence-corrected chi connectivity index (χ2v) is 5.34. The van der Waals surface area contributed by atoms with E-state index in [9.17, 15) is 4.39 Å². The smallest absolute Gasteiger partial charge is 0.123 e. The molecule has 0 saturated heterocycles. The summed E-state index contributed by atoms with van der Waals surface area (Å²) in [4.78, 5) is 4.24. The first-order chi connectivity index (χ1) is 8.74. The van der Waals surface area contributed by atoms with E-state index in [0.29, 0.717) is 6.04 Å². The van der Waals surface area contributed by atoms with Crippen molar-refractivity contribution in [3.05, 3.63) is 52.2 Å². The molecule has 0 aliphatic rings. The van der Waals surface area contributed by atoms with Gasteiger partial charge in [-0.2, -0.15) is 0 Å². The number of thiazole rings is 1. The van der Waals surface area contributed by atoms with Gasteiger partial charge in [-0.1, -0.05) is 12.1 Å². The maximum absolute atomic E-state index is 13.0. The van der Waals surface area contributed by atoms with Gasteiger partial charge in [-0.25, -0.2) is 9.37 Å². The molecule has 1 unspecified atom stereocenters. The lowest BCUT2D eigenvalue weighted by Crippen LogP contribution is -2.29. The summed E-state index contributed by atoms with van der Waals surface area (Å²) in [5.41, 5.74) is 1.03. The van der Waals surface area contributed by atoms with Crippen molar-refractivity contribution < 1.29 is 4.39 Å². The average Bonchev–Trinajstić information content (AvgIpc) is 2.82. The van der Waals surface area contributed by atoms with Gasteiger partial charge in [-0.15, -0.1) is 11.3 Å². The van der Waals surface area contributed by atoms with Crippen LogP contribution in [-0.4, -0.2) is 17.6 Å². The largest absolute Gasteiger partial charge is 0.314 e. The third-order valence-electron chi connectivity index (χ3n) is 2.75. The van der Waals surface area contributed by atoms with Crippen molar-refractivity contribution in [2.45, 2.75) is 25.8 Å². The van der Waals surface area contributed by atoms with Crippen molar-refractivity contribution in [3.8, 4) is 0 Å². The Bertz CT molecular complexity index is 470. The normalized spacial score (nSPS) is 12.6. The number of hydrogen-bond acceptors (Lipinski definition) is 3. The highest BCUT2D eigenvalue weighted by Crippen LogP contribution is 2.07. The molecule has 0 radical (unpaired) electrons. The van der Waals surface area contributed by atoms with Crippen LogP contribution in [0.3, 0.4) is 0 Å². The molecule has 4 heteroatoms. The van der Waals surface area contributed by atoms with E-state index >= 15 is 0 Å². The summed E-state index contributed by atoms with van der Waals surface area (Å²) in [5.74, 6) is -0.164. The molecule has 96 valence electrons. The Kier molecular flexibility index (Phi) is 4.84. The third kappa shape index (κ3) is 4.20. The highest BCUT2D eigenvalue weighted by Gasteiger charge is 2.04. The van der Waals surface area contributed by atoms with Gasteiger partial charge in [0.15, 0.2) is 0 Å². The van der Waals surface area contributed by atoms with E-state index in [1.165, 1.54) is 6.07 Å². The first-order valence-corrected chi connectivity index (χ1v) is 6.98. The second kappa shape index (κ2) is 6.61. The molecule has 1 aromatic carbocycles. The van der Waals surface area contributed by atoms with Crippen molar-refractivity contribution in [1.29, 1.82) is 0 Å². The van der Waals surface area contributed by atoms with Crippen molar-refractivity contribution in [2.75, 3.05) is 6.54 Å². The maximum atomic E-state index is 13.0. The fourth-order valence-corrected chi connectivity index (χ4v) is 2.51. The Labute approximate surface area is 111 Å². The van der Waals surface area contributed by atoms with E-state index in [1.807, 2.05) is 17.6 Å². The first kappa shape index (κ1) is 13.2. The standard InChI is InChI=1S/C14H17FN2S/c1-11(9-12-3-2-4-13(15)10-12)16-6-5-14-17-7-8-18-14/h2-4,7-8,10-11,16H,5-6,9H2,1H3. The van der Waals surface area contributed by atoms with Crippen LogP contribution in [0.4, 0.5) is 4.39 Å². The number of hydrogen-bond donors (Lipinski definition) is 1. The van der Waals surface area contributed by atoms with Crippen LogP contribution in [0.1, 0.15) is 17.5 Å². The fraction of sp³-hybridized carbons (Fsp3) is 0.357. The second-order valence-electron chi connectivity index (χ2n) is 4.37. The molecule has 0 aliphatic heterocycles. The topological polar surface area (TPSA) is 24.9 Å². The summed E-state index contributed by atoms with van der Waals surface area (Å²) in [6.45, 7) is 3.02. The summed E-state index contributed by atoms with van der Waals surface area (Å²) in [6.07, 6.45) is 3.62. The van der Waals surface area contributed by atoms with E-state index in [4.69, 9.17) is 0 Å². The van der Waals surface area contributed by atoms with Gasteiger partial charge in [0.05, 0.1) is 5.01 Å². The highest BCUT2D eigenvalue weighted by molar-refractivity contribution is 7.09. The number of benzene rings is 1. The number of halogens is 1. The minimum absolute atomic E-state index is 0.164. The Morgan fingerprint density at radius 3 is 3.06 bits per heavy atom. The molecular weight excluding hydrogens is 247 g/mol. The van der Waals surface area contributed by atoms with Crippen LogP contribution >= 0.6 is 11.3 Å². The van der Waals surface area contributed by atoms with Crippen LogP contribution in [0.5, 0.6) is 0 Å². The van der Waals surface area contributed by atoms with Crippen molar-refractivity contribution in [3.63, 3.8) is 0 Å². The molecule has 0 spiro atoms. The third-order valence-corrected chi connectivity index (χ3v) is 3.59. The molecule has 0 fully saturated rings. The van der Waals surface area contributed by atoms with Crippen molar-refractivity contribution >= 4 is 11.3 Å². The number of nitrogens with one attached hydrogen (secondary N) is 1. The summed E-state index contributed by atoms with van der Waals surface area (Å²) in [5, 5.41) is 6.58. The molecule has 2 aromatic rings. The van der Waals surface area contributed by atoms with Gasteiger partial charge in [0, 0.05) is 30.6 Å².